The molecule has 1 aromatic heterocycles. The minimum absolute atomic E-state index is 0.0166. The molecule has 0 aliphatic heterocycles. The molecule has 0 atom stereocenters. The molecule has 0 saturated heterocycles. The largest absolute Gasteiger partial charge is 0.438 e. The third kappa shape index (κ3) is 6.74. The normalized spacial score (nSPS) is 11.8. The van der Waals surface area contributed by atoms with Crippen LogP contribution in [0.5, 0.6) is 0 Å². The molecule has 2 amide bonds. The van der Waals surface area contributed by atoms with Crippen LogP contribution in [0.1, 0.15) is 36.9 Å². The van der Waals surface area contributed by atoms with Crippen molar-refractivity contribution in [1.82, 2.24) is 4.72 Å². The summed E-state index contributed by atoms with van der Waals surface area (Å²) >= 11 is 0. The molecule has 0 aliphatic rings. The van der Waals surface area contributed by atoms with Crippen molar-refractivity contribution in [3.8, 4) is 0 Å². The summed E-state index contributed by atoms with van der Waals surface area (Å²) in [5, 5.41) is 4.74. The Morgan fingerprint density at radius 3 is 2.24 bits per heavy atom. The summed E-state index contributed by atoms with van der Waals surface area (Å²) in [7, 11) is -3.90. The Bertz CT molecular complexity index is 1260. The molecule has 0 fully saturated rings. The fraction of sp³-hybridized carbons (Fsp3) is 0.217. The van der Waals surface area contributed by atoms with Crippen molar-refractivity contribution in [1.29, 1.82) is 0 Å². The molecule has 0 saturated carbocycles. The smallest absolute Gasteiger partial charge is 0.291 e. The summed E-state index contributed by atoms with van der Waals surface area (Å²) in [6, 6.07) is 14.8. The van der Waals surface area contributed by atoms with E-state index < -0.39 is 27.3 Å². The van der Waals surface area contributed by atoms with Gasteiger partial charge in [0.15, 0.2) is 5.76 Å². The quantitative estimate of drug-likeness (QED) is 0.481. The van der Waals surface area contributed by atoms with Gasteiger partial charge in [0.1, 0.15) is 5.82 Å². The van der Waals surface area contributed by atoms with Gasteiger partial charge in [-0.15, -0.1) is 0 Å². The zero-order valence-corrected chi connectivity index (χ0v) is 19.1. The van der Waals surface area contributed by atoms with E-state index in [1.807, 2.05) is 0 Å². The molecule has 2 aromatic carbocycles. The Morgan fingerprint density at radius 2 is 1.61 bits per heavy atom. The number of furan rings is 1. The van der Waals surface area contributed by atoms with Gasteiger partial charge in [-0.1, -0.05) is 24.3 Å². The van der Waals surface area contributed by atoms with E-state index in [4.69, 9.17) is 4.42 Å². The van der Waals surface area contributed by atoms with Gasteiger partial charge >= 0.3 is 0 Å². The molecule has 3 N–H and O–H groups in total. The number of benzene rings is 2. The summed E-state index contributed by atoms with van der Waals surface area (Å²) in [4.78, 5) is 24.6. The van der Waals surface area contributed by atoms with E-state index in [0.717, 1.165) is 0 Å². The third-order valence-corrected chi connectivity index (χ3v) is 5.87. The summed E-state index contributed by atoms with van der Waals surface area (Å²) < 4.78 is 45.9. The molecule has 33 heavy (non-hydrogen) atoms. The Labute approximate surface area is 191 Å². The standard InChI is InChI=1S/C23H24FN3O5S/c1-23(2,3)27-33(30,31)21-13-12-19(32-21)22(29)25-16-10-8-15(9-11-16)14-20(28)26-18-7-5-4-6-17(18)24/h4-13,27H,14H2,1-3H3,(H,25,29)(H,26,28). The maximum Gasteiger partial charge on any atom is 0.291 e. The zero-order valence-electron chi connectivity index (χ0n) is 18.3. The first-order chi connectivity index (χ1) is 15.4. The molecule has 1 heterocycles. The fourth-order valence-electron chi connectivity index (χ4n) is 2.88. The molecular weight excluding hydrogens is 449 g/mol. The van der Waals surface area contributed by atoms with Gasteiger partial charge in [-0.3, -0.25) is 9.59 Å². The summed E-state index contributed by atoms with van der Waals surface area (Å²) in [5.41, 5.74) is 0.472. The number of anilines is 2. The maximum absolute atomic E-state index is 13.6. The van der Waals surface area contributed by atoms with Crippen LogP contribution in [-0.2, 0) is 21.2 Å². The molecule has 174 valence electrons. The minimum atomic E-state index is -3.90. The highest BCUT2D eigenvalue weighted by Gasteiger charge is 2.26. The number of nitrogens with one attached hydrogen (secondary N) is 3. The Hall–Kier alpha value is -3.50. The lowest BCUT2D eigenvalue weighted by Crippen LogP contribution is -2.40. The van der Waals surface area contributed by atoms with Gasteiger partial charge in [-0.25, -0.2) is 17.5 Å². The van der Waals surface area contributed by atoms with Crippen LogP contribution in [0.4, 0.5) is 15.8 Å². The van der Waals surface area contributed by atoms with E-state index in [0.29, 0.717) is 11.3 Å². The Kier molecular flexibility index (Phi) is 6.99. The van der Waals surface area contributed by atoms with Crippen LogP contribution in [0, 0.1) is 5.82 Å². The van der Waals surface area contributed by atoms with Crippen molar-refractivity contribution in [2.75, 3.05) is 10.6 Å². The second-order valence-corrected chi connectivity index (χ2v) is 9.94. The summed E-state index contributed by atoms with van der Waals surface area (Å²) in [5.74, 6) is -1.70. The molecular formula is C23H24FN3O5S. The van der Waals surface area contributed by atoms with E-state index in [1.165, 1.54) is 30.3 Å². The zero-order chi connectivity index (χ0) is 24.2. The molecule has 3 rings (SSSR count). The summed E-state index contributed by atoms with van der Waals surface area (Å²) in [6.45, 7) is 5.07. The van der Waals surface area contributed by atoms with Crippen LogP contribution in [-0.4, -0.2) is 25.8 Å². The number of hydrogen-bond donors (Lipinski definition) is 3. The van der Waals surface area contributed by atoms with Crippen LogP contribution in [0.2, 0.25) is 0 Å². The number of carbonyl (C=O) groups is 2. The van der Waals surface area contributed by atoms with Gasteiger partial charge < -0.3 is 15.1 Å². The van der Waals surface area contributed by atoms with Crippen molar-refractivity contribution in [3.63, 3.8) is 0 Å². The first kappa shape index (κ1) is 24.1. The van der Waals surface area contributed by atoms with E-state index >= 15 is 0 Å². The fourth-order valence-corrected chi connectivity index (χ4v) is 4.23. The predicted molar refractivity (Wildman–Crippen MR) is 122 cm³/mol. The van der Waals surface area contributed by atoms with E-state index in [2.05, 4.69) is 15.4 Å². The first-order valence-electron chi connectivity index (χ1n) is 10.0. The van der Waals surface area contributed by atoms with Crippen molar-refractivity contribution in [3.05, 3.63) is 77.8 Å². The number of rotatable bonds is 7. The molecule has 10 heteroatoms. The topological polar surface area (TPSA) is 118 Å². The van der Waals surface area contributed by atoms with Crippen molar-refractivity contribution >= 4 is 33.2 Å². The highest BCUT2D eigenvalue weighted by atomic mass is 32.2. The van der Waals surface area contributed by atoms with Crippen molar-refractivity contribution in [2.24, 2.45) is 0 Å². The molecule has 0 aliphatic carbocycles. The first-order valence-corrected chi connectivity index (χ1v) is 11.5. The second-order valence-electron chi connectivity index (χ2n) is 8.33. The number of halogens is 1. The van der Waals surface area contributed by atoms with Gasteiger partial charge in [0.25, 0.3) is 15.9 Å². The molecule has 0 unspecified atom stereocenters. The maximum atomic E-state index is 13.6. The number of amides is 2. The van der Waals surface area contributed by atoms with Gasteiger partial charge in [-0.05, 0) is 62.7 Å². The van der Waals surface area contributed by atoms with Gasteiger partial charge in [-0.2, -0.15) is 0 Å². The molecule has 0 bridgehead atoms. The average Bonchev–Trinajstić information content (AvgIpc) is 3.21. The molecule has 8 nitrogen and oxygen atoms in total. The van der Waals surface area contributed by atoms with Gasteiger partial charge in [0, 0.05) is 11.2 Å². The van der Waals surface area contributed by atoms with Crippen LogP contribution < -0.4 is 15.4 Å². The number of para-hydroxylation sites is 1. The molecule has 3 aromatic rings. The molecule has 0 spiro atoms. The summed E-state index contributed by atoms with van der Waals surface area (Å²) in [6.07, 6.45) is 0.0166. The minimum Gasteiger partial charge on any atom is -0.438 e. The highest BCUT2D eigenvalue weighted by Crippen LogP contribution is 2.19. The lowest BCUT2D eigenvalue weighted by atomic mass is 10.1. The number of sulfonamides is 1. The highest BCUT2D eigenvalue weighted by molar-refractivity contribution is 7.89. The lowest BCUT2D eigenvalue weighted by molar-refractivity contribution is -0.115. The van der Waals surface area contributed by atoms with Crippen molar-refractivity contribution < 1.29 is 26.8 Å². The Morgan fingerprint density at radius 1 is 0.939 bits per heavy atom. The van der Waals surface area contributed by atoms with E-state index in [-0.39, 0.29) is 28.9 Å². The predicted octanol–water partition coefficient (Wildman–Crippen LogP) is 3.93. The van der Waals surface area contributed by atoms with Gasteiger partial charge in [0.05, 0.1) is 12.1 Å². The van der Waals surface area contributed by atoms with Crippen LogP contribution in [0.3, 0.4) is 0 Å². The SMILES string of the molecule is CC(C)(C)NS(=O)(=O)c1ccc(C(=O)Nc2ccc(CC(=O)Nc3ccccc3F)cc2)o1. The van der Waals surface area contributed by atoms with E-state index in [9.17, 15) is 22.4 Å². The lowest BCUT2D eigenvalue weighted by Gasteiger charge is -2.18. The third-order valence-electron chi connectivity index (χ3n) is 4.23. The van der Waals surface area contributed by atoms with Crippen molar-refractivity contribution in [2.45, 2.75) is 37.8 Å². The van der Waals surface area contributed by atoms with Crippen LogP contribution >= 0.6 is 0 Å². The number of hydrogen-bond acceptors (Lipinski definition) is 5. The second kappa shape index (κ2) is 9.55. The molecule has 0 radical (unpaired) electrons. The monoisotopic (exact) mass is 473 g/mol. The van der Waals surface area contributed by atoms with Crippen LogP contribution in [0.25, 0.3) is 0 Å². The average molecular weight is 474 g/mol. The van der Waals surface area contributed by atoms with E-state index in [1.54, 1.807) is 51.1 Å². The number of carbonyl (C=O) groups excluding carboxylic acids is 2. The Balaban J connectivity index is 1.60. The van der Waals surface area contributed by atoms with Gasteiger partial charge in [0.2, 0.25) is 11.0 Å². The van der Waals surface area contributed by atoms with Crippen LogP contribution in [0.15, 0.2) is 70.2 Å².